The number of rotatable bonds is 6. The van der Waals surface area contributed by atoms with Gasteiger partial charge in [0, 0.05) is 15.2 Å². The van der Waals surface area contributed by atoms with E-state index in [2.05, 4.69) is 55.4 Å². The highest BCUT2D eigenvalue weighted by atomic mass is 32.2. The third-order valence-corrected chi connectivity index (χ3v) is 5.75. The maximum absolute atomic E-state index is 12.1. The minimum Gasteiger partial charge on any atom is -0.313 e. The minimum absolute atomic E-state index is 0.354. The molecule has 0 amide bonds. The Morgan fingerprint density at radius 2 is 1.36 bits per heavy atom. The monoisotopic (exact) mass is 389 g/mol. The van der Waals surface area contributed by atoms with Gasteiger partial charge in [0.05, 0.1) is 11.3 Å². The Morgan fingerprint density at radius 1 is 0.821 bits per heavy atom. The smallest absolute Gasteiger partial charge is 0.313 e. The van der Waals surface area contributed by atoms with Gasteiger partial charge in [0.1, 0.15) is 0 Å². The highest BCUT2D eigenvalue weighted by molar-refractivity contribution is 7.99. The van der Waals surface area contributed by atoms with Gasteiger partial charge in [-0.15, -0.1) is 0 Å². The van der Waals surface area contributed by atoms with E-state index in [1.165, 1.54) is 9.79 Å². The van der Waals surface area contributed by atoms with E-state index in [0.717, 1.165) is 11.3 Å². The lowest BCUT2D eigenvalue weighted by Crippen LogP contribution is -2.27. The van der Waals surface area contributed by atoms with Crippen molar-refractivity contribution in [3.05, 3.63) is 96.1 Å². The molecule has 0 aromatic heterocycles. The molecule has 0 aliphatic heterocycles. The normalized spacial score (nSPS) is 11.9. The first kappa shape index (κ1) is 19.9. The number of oxime groups is 1. The SMILES string of the molecule is C/C(=N\OC(=O)c1ccccc1)C(C)(C)c1ccc(Sc2ccccc2)cc1. The Kier molecular flexibility index (Phi) is 6.32. The van der Waals surface area contributed by atoms with Crippen molar-refractivity contribution >= 4 is 23.4 Å². The summed E-state index contributed by atoms with van der Waals surface area (Å²) in [5.74, 6) is -0.453. The summed E-state index contributed by atoms with van der Waals surface area (Å²) >= 11 is 1.73. The predicted octanol–water partition coefficient (Wildman–Crippen LogP) is 6.35. The molecule has 0 N–H and O–H groups in total. The van der Waals surface area contributed by atoms with Crippen LogP contribution < -0.4 is 0 Å². The van der Waals surface area contributed by atoms with E-state index < -0.39 is 5.97 Å². The Hall–Kier alpha value is -2.85. The van der Waals surface area contributed by atoms with E-state index in [0.29, 0.717) is 5.56 Å². The lowest BCUT2D eigenvalue weighted by molar-refractivity contribution is 0.0513. The van der Waals surface area contributed by atoms with Crippen LogP contribution in [0.1, 0.15) is 36.7 Å². The summed E-state index contributed by atoms with van der Waals surface area (Å²) in [6, 6.07) is 27.6. The summed E-state index contributed by atoms with van der Waals surface area (Å²) in [5, 5.41) is 4.10. The highest BCUT2D eigenvalue weighted by Crippen LogP contribution is 2.31. The molecular weight excluding hydrogens is 366 g/mol. The molecule has 3 nitrogen and oxygen atoms in total. The lowest BCUT2D eigenvalue weighted by Gasteiger charge is -2.24. The molecular formula is C24H23NO2S. The van der Waals surface area contributed by atoms with Crippen molar-refractivity contribution in [1.29, 1.82) is 0 Å². The second-order valence-electron chi connectivity index (χ2n) is 6.99. The maximum atomic E-state index is 12.1. The quantitative estimate of drug-likeness (QED) is 0.280. The van der Waals surface area contributed by atoms with Crippen molar-refractivity contribution in [2.75, 3.05) is 0 Å². The van der Waals surface area contributed by atoms with Gasteiger partial charge >= 0.3 is 5.97 Å². The van der Waals surface area contributed by atoms with Crippen molar-refractivity contribution < 1.29 is 9.63 Å². The van der Waals surface area contributed by atoms with E-state index in [1.807, 2.05) is 31.2 Å². The Labute approximate surface area is 170 Å². The number of carbonyl (C=O) groups excluding carboxylic acids is 1. The molecule has 4 heteroatoms. The first-order valence-corrected chi connectivity index (χ1v) is 9.93. The van der Waals surface area contributed by atoms with Crippen molar-refractivity contribution in [2.24, 2.45) is 5.16 Å². The molecule has 0 saturated carbocycles. The molecule has 0 aliphatic rings. The molecule has 0 spiro atoms. The predicted molar refractivity (Wildman–Crippen MR) is 115 cm³/mol. The summed E-state index contributed by atoms with van der Waals surface area (Å²) in [5.41, 5.74) is 1.98. The van der Waals surface area contributed by atoms with E-state index >= 15 is 0 Å². The second kappa shape index (κ2) is 8.89. The number of carbonyl (C=O) groups is 1. The molecule has 3 rings (SSSR count). The molecule has 0 heterocycles. The molecule has 28 heavy (non-hydrogen) atoms. The topological polar surface area (TPSA) is 38.7 Å². The molecule has 0 atom stereocenters. The molecule has 3 aromatic carbocycles. The molecule has 0 fully saturated rings. The van der Waals surface area contributed by atoms with E-state index in [9.17, 15) is 4.79 Å². The number of hydrogen-bond donors (Lipinski definition) is 0. The molecule has 0 aliphatic carbocycles. The Balaban J connectivity index is 1.69. The second-order valence-corrected chi connectivity index (χ2v) is 8.13. The molecule has 0 radical (unpaired) electrons. The van der Waals surface area contributed by atoms with Crippen LogP contribution in [0.4, 0.5) is 0 Å². The molecule has 0 bridgehead atoms. The fourth-order valence-electron chi connectivity index (χ4n) is 2.62. The summed E-state index contributed by atoms with van der Waals surface area (Å²) in [6.45, 7) is 6.02. The zero-order valence-electron chi connectivity index (χ0n) is 16.3. The number of nitrogens with zero attached hydrogens (tertiary/aromatic N) is 1. The summed E-state index contributed by atoms with van der Waals surface area (Å²) in [4.78, 5) is 19.6. The van der Waals surface area contributed by atoms with Gasteiger partial charge in [-0.2, -0.15) is 0 Å². The third-order valence-electron chi connectivity index (χ3n) is 4.73. The third kappa shape index (κ3) is 4.90. The first-order chi connectivity index (χ1) is 13.5. The summed E-state index contributed by atoms with van der Waals surface area (Å²) in [7, 11) is 0. The number of hydrogen-bond acceptors (Lipinski definition) is 4. The van der Waals surface area contributed by atoms with E-state index in [1.54, 1.807) is 36.0 Å². The Morgan fingerprint density at radius 3 is 1.96 bits per heavy atom. The molecule has 3 aromatic rings. The van der Waals surface area contributed by atoms with Crippen molar-refractivity contribution in [1.82, 2.24) is 0 Å². The molecule has 0 saturated heterocycles. The fraction of sp³-hybridized carbons (Fsp3) is 0.167. The van der Waals surface area contributed by atoms with Gasteiger partial charge in [0.25, 0.3) is 0 Å². The van der Waals surface area contributed by atoms with Crippen molar-refractivity contribution in [3.63, 3.8) is 0 Å². The van der Waals surface area contributed by atoms with Gasteiger partial charge in [-0.25, -0.2) is 4.79 Å². The van der Waals surface area contributed by atoms with Crippen LogP contribution in [0.25, 0.3) is 0 Å². The largest absolute Gasteiger partial charge is 0.365 e. The van der Waals surface area contributed by atoms with Gasteiger partial charge in [-0.1, -0.05) is 79.3 Å². The summed E-state index contributed by atoms with van der Waals surface area (Å²) < 4.78 is 0. The average molecular weight is 390 g/mol. The highest BCUT2D eigenvalue weighted by Gasteiger charge is 2.25. The van der Waals surface area contributed by atoms with E-state index in [-0.39, 0.29) is 5.41 Å². The van der Waals surface area contributed by atoms with Crippen LogP contribution in [0.5, 0.6) is 0 Å². The zero-order valence-corrected chi connectivity index (χ0v) is 17.1. The summed E-state index contributed by atoms with van der Waals surface area (Å²) in [6.07, 6.45) is 0. The van der Waals surface area contributed by atoms with Crippen LogP contribution in [0.15, 0.2) is 99.9 Å². The van der Waals surface area contributed by atoms with Crippen LogP contribution >= 0.6 is 11.8 Å². The fourth-order valence-corrected chi connectivity index (χ4v) is 3.46. The van der Waals surface area contributed by atoms with Crippen LogP contribution in [0, 0.1) is 0 Å². The van der Waals surface area contributed by atoms with Gasteiger partial charge in [-0.3, -0.25) is 0 Å². The van der Waals surface area contributed by atoms with Crippen LogP contribution in [0.3, 0.4) is 0 Å². The standard InChI is InChI=1S/C24H23NO2S/c1-18(25-27-23(26)19-10-6-4-7-11-19)24(2,3)20-14-16-22(17-15-20)28-21-12-8-5-9-13-21/h4-17H,1-3H3/b25-18+. The number of benzene rings is 3. The van der Waals surface area contributed by atoms with Crippen molar-refractivity contribution in [3.8, 4) is 0 Å². The Bertz CT molecular complexity index is 949. The zero-order chi connectivity index (χ0) is 20.0. The molecule has 142 valence electrons. The van der Waals surface area contributed by atoms with E-state index in [4.69, 9.17) is 4.84 Å². The van der Waals surface area contributed by atoms with Crippen LogP contribution in [-0.4, -0.2) is 11.7 Å². The van der Waals surface area contributed by atoms with Gasteiger partial charge in [0.2, 0.25) is 0 Å². The van der Waals surface area contributed by atoms with Gasteiger partial charge < -0.3 is 4.84 Å². The lowest BCUT2D eigenvalue weighted by atomic mass is 9.81. The average Bonchev–Trinajstić information content (AvgIpc) is 2.73. The van der Waals surface area contributed by atoms with Crippen molar-refractivity contribution in [2.45, 2.75) is 36.0 Å². The minimum atomic E-state index is -0.453. The maximum Gasteiger partial charge on any atom is 0.365 e. The van der Waals surface area contributed by atoms with Crippen LogP contribution in [0.2, 0.25) is 0 Å². The van der Waals surface area contributed by atoms with Gasteiger partial charge in [0.15, 0.2) is 0 Å². The first-order valence-electron chi connectivity index (χ1n) is 9.12. The molecule has 0 unspecified atom stereocenters. The van der Waals surface area contributed by atoms with Crippen LogP contribution in [-0.2, 0) is 10.3 Å². The van der Waals surface area contributed by atoms with Gasteiger partial charge in [-0.05, 0) is 48.9 Å².